The van der Waals surface area contributed by atoms with Gasteiger partial charge in [-0.1, -0.05) is 18.0 Å². The van der Waals surface area contributed by atoms with Crippen LogP contribution < -0.4 is 4.90 Å². The maximum atomic E-state index is 12.4. The van der Waals surface area contributed by atoms with Crippen LogP contribution in [0.3, 0.4) is 0 Å². The lowest BCUT2D eigenvalue weighted by Crippen LogP contribution is -2.24. The van der Waals surface area contributed by atoms with Crippen molar-refractivity contribution in [3.63, 3.8) is 0 Å². The number of rotatable bonds is 5. The highest BCUT2D eigenvalue weighted by Crippen LogP contribution is 2.38. The molecule has 0 bridgehead atoms. The first-order valence-electron chi connectivity index (χ1n) is 9.46. The van der Waals surface area contributed by atoms with Crippen molar-refractivity contribution < 1.29 is 14.1 Å². The smallest absolute Gasteiger partial charge is 0.340 e. The Morgan fingerprint density at radius 1 is 1.23 bits per heavy atom. The third-order valence-electron chi connectivity index (χ3n) is 4.95. The van der Waals surface area contributed by atoms with E-state index in [1.807, 2.05) is 6.07 Å². The molecule has 1 atom stereocenters. The summed E-state index contributed by atoms with van der Waals surface area (Å²) in [5, 5.41) is 3.96. The van der Waals surface area contributed by atoms with Crippen LogP contribution in [-0.4, -0.2) is 34.2 Å². The summed E-state index contributed by atoms with van der Waals surface area (Å²) in [6, 6.07) is 3.66. The van der Waals surface area contributed by atoms with Gasteiger partial charge in [0.25, 0.3) is 5.89 Å². The van der Waals surface area contributed by atoms with E-state index in [-0.39, 0.29) is 0 Å². The molecular formula is C19H24N4O3. The summed E-state index contributed by atoms with van der Waals surface area (Å²) >= 11 is 0. The molecule has 3 heterocycles. The van der Waals surface area contributed by atoms with E-state index in [4.69, 9.17) is 9.26 Å². The number of pyridine rings is 1. The molecule has 7 nitrogen and oxygen atoms in total. The van der Waals surface area contributed by atoms with Crippen molar-refractivity contribution in [3.8, 4) is 0 Å². The molecule has 1 saturated carbocycles. The highest BCUT2D eigenvalue weighted by molar-refractivity contribution is 5.89. The van der Waals surface area contributed by atoms with Gasteiger partial charge < -0.3 is 14.2 Å². The van der Waals surface area contributed by atoms with Crippen molar-refractivity contribution in [3.05, 3.63) is 35.6 Å². The SMILES string of the molecule is CC(OC(=O)c1ccc(N2CCCCCC2)nc1)c1nc(C2CC2)no1. The van der Waals surface area contributed by atoms with Crippen LogP contribution in [0.2, 0.25) is 0 Å². The van der Waals surface area contributed by atoms with Crippen molar-refractivity contribution in [1.82, 2.24) is 15.1 Å². The van der Waals surface area contributed by atoms with E-state index in [9.17, 15) is 4.79 Å². The summed E-state index contributed by atoms with van der Waals surface area (Å²) < 4.78 is 10.7. The summed E-state index contributed by atoms with van der Waals surface area (Å²) in [6.07, 6.45) is 8.14. The molecule has 0 aromatic carbocycles. The minimum Gasteiger partial charge on any atom is -0.449 e. The number of carbonyl (C=O) groups excluding carboxylic acids is 1. The van der Waals surface area contributed by atoms with Crippen molar-refractivity contribution >= 4 is 11.8 Å². The van der Waals surface area contributed by atoms with Gasteiger partial charge in [-0.25, -0.2) is 9.78 Å². The summed E-state index contributed by atoms with van der Waals surface area (Å²) in [6.45, 7) is 3.78. The Labute approximate surface area is 152 Å². The molecule has 2 aromatic rings. The zero-order valence-electron chi connectivity index (χ0n) is 15.1. The predicted octanol–water partition coefficient (Wildman–Crippen LogP) is 3.64. The number of hydrogen-bond donors (Lipinski definition) is 0. The largest absolute Gasteiger partial charge is 0.449 e. The Hall–Kier alpha value is -2.44. The minimum atomic E-state index is -0.576. The van der Waals surface area contributed by atoms with Gasteiger partial charge in [0.2, 0.25) is 0 Å². The molecule has 2 aromatic heterocycles. The molecular weight excluding hydrogens is 332 g/mol. The van der Waals surface area contributed by atoms with Crippen molar-refractivity contribution in [2.45, 2.75) is 57.5 Å². The summed E-state index contributed by atoms with van der Waals surface area (Å²) in [5.74, 6) is 1.95. The number of hydrogen-bond acceptors (Lipinski definition) is 7. The molecule has 138 valence electrons. The predicted molar refractivity (Wildman–Crippen MR) is 95.0 cm³/mol. The lowest BCUT2D eigenvalue weighted by Gasteiger charge is -2.21. The number of nitrogens with zero attached hydrogens (tertiary/aromatic N) is 4. The Morgan fingerprint density at radius 3 is 2.65 bits per heavy atom. The van der Waals surface area contributed by atoms with Gasteiger partial charge in [-0.05, 0) is 44.7 Å². The highest BCUT2D eigenvalue weighted by atomic mass is 16.6. The van der Waals surface area contributed by atoms with E-state index in [0.29, 0.717) is 23.2 Å². The van der Waals surface area contributed by atoms with Gasteiger partial charge in [0, 0.05) is 25.2 Å². The van der Waals surface area contributed by atoms with Crippen molar-refractivity contribution in [2.75, 3.05) is 18.0 Å². The molecule has 4 rings (SSSR count). The van der Waals surface area contributed by atoms with Crippen LogP contribution in [-0.2, 0) is 4.74 Å². The van der Waals surface area contributed by atoms with Crippen LogP contribution in [0.25, 0.3) is 0 Å². The summed E-state index contributed by atoms with van der Waals surface area (Å²) in [7, 11) is 0. The van der Waals surface area contributed by atoms with Crippen LogP contribution in [0.1, 0.15) is 79.5 Å². The molecule has 0 spiro atoms. The average molecular weight is 356 g/mol. The zero-order chi connectivity index (χ0) is 17.9. The van der Waals surface area contributed by atoms with Gasteiger partial charge >= 0.3 is 5.97 Å². The fraction of sp³-hybridized carbons (Fsp3) is 0.579. The van der Waals surface area contributed by atoms with E-state index >= 15 is 0 Å². The molecule has 1 aliphatic heterocycles. The first-order valence-corrected chi connectivity index (χ1v) is 9.46. The number of carbonyl (C=O) groups is 1. The van der Waals surface area contributed by atoms with E-state index in [1.54, 1.807) is 19.2 Å². The topological polar surface area (TPSA) is 81.4 Å². The normalized spacial score (nSPS) is 19.0. The van der Waals surface area contributed by atoms with Gasteiger partial charge in [-0.3, -0.25) is 0 Å². The Balaban J connectivity index is 1.37. The second-order valence-corrected chi connectivity index (χ2v) is 7.12. The molecule has 1 saturated heterocycles. The van der Waals surface area contributed by atoms with E-state index < -0.39 is 12.1 Å². The zero-order valence-corrected chi connectivity index (χ0v) is 15.1. The number of ether oxygens (including phenoxy) is 1. The number of esters is 1. The lowest BCUT2D eigenvalue weighted by atomic mass is 10.2. The first kappa shape index (κ1) is 17.0. The van der Waals surface area contributed by atoms with Crippen molar-refractivity contribution in [2.24, 2.45) is 0 Å². The molecule has 0 amide bonds. The Bertz CT molecular complexity index is 746. The van der Waals surface area contributed by atoms with E-state index in [2.05, 4.69) is 20.0 Å². The molecule has 1 aliphatic carbocycles. The average Bonchev–Trinajstić information content (AvgIpc) is 3.45. The maximum absolute atomic E-state index is 12.4. The van der Waals surface area contributed by atoms with Gasteiger partial charge in [0.1, 0.15) is 5.82 Å². The Kier molecular flexibility index (Phi) is 4.86. The standard InChI is InChI=1S/C19H24N4O3/c1-13(18-21-17(22-26-18)14-6-7-14)25-19(24)15-8-9-16(20-12-15)23-10-4-2-3-5-11-23/h8-9,12-14H,2-7,10-11H2,1H3. The number of aromatic nitrogens is 3. The molecule has 7 heteroatoms. The molecule has 2 fully saturated rings. The maximum Gasteiger partial charge on any atom is 0.340 e. The second-order valence-electron chi connectivity index (χ2n) is 7.12. The third-order valence-corrected chi connectivity index (χ3v) is 4.95. The molecule has 26 heavy (non-hydrogen) atoms. The minimum absolute atomic E-state index is 0.342. The van der Waals surface area contributed by atoms with Crippen molar-refractivity contribution in [1.29, 1.82) is 0 Å². The van der Waals surface area contributed by atoms with Crippen LogP contribution in [0, 0.1) is 0 Å². The fourth-order valence-electron chi connectivity index (χ4n) is 3.19. The highest BCUT2D eigenvalue weighted by Gasteiger charge is 2.30. The Morgan fingerprint density at radius 2 is 2.00 bits per heavy atom. The fourth-order valence-corrected chi connectivity index (χ4v) is 3.19. The van der Waals surface area contributed by atoms with Gasteiger partial charge in [-0.2, -0.15) is 4.98 Å². The second kappa shape index (κ2) is 7.43. The van der Waals surface area contributed by atoms with E-state index in [1.165, 1.54) is 25.7 Å². The molecule has 0 radical (unpaired) electrons. The summed E-state index contributed by atoms with van der Waals surface area (Å²) in [4.78, 5) is 23.4. The van der Waals surface area contributed by atoms with Crippen LogP contribution >= 0.6 is 0 Å². The third kappa shape index (κ3) is 3.86. The quantitative estimate of drug-likeness (QED) is 0.756. The van der Waals surface area contributed by atoms with Gasteiger partial charge in [0.05, 0.1) is 5.56 Å². The monoisotopic (exact) mass is 356 g/mol. The molecule has 0 N–H and O–H groups in total. The van der Waals surface area contributed by atoms with Crippen LogP contribution in [0.15, 0.2) is 22.9 Å². The summed E-state index contributed by atoms with van der Waals surface area (Å²) in [5.41, 5.74) is 0.428. The molecule has 1 unspecified atom stereocenters. The molecule has 2 aliphatic rings. The van der Waals surface area contributed by atoms with Gasteiger partial charge in [0.15, 0.2) is 11.9 Å². The van der Waals surface area contributed by atoms with Crippen LogP contribution in [0.5, 0.6) is 0 Å². The number of anilines is 1. The first-order chi connectivity index (χ1) is 12.7. The van der Waals surface area contributed by atoms with E-state index in [0.717, 1.165) is 31.7 Å². The lowest BCUT2D eigenvalue weighted by molar-refractivity contribution is 0.0265. The van der Waals surface area contributed by atoms with Gasteiger partial charge in [-0.15, -0.1) is 0 Å². The van der Waals surface area contributed by atoms with Crippen LogP contribution in [0.4, 0.5) is 5.82 Å².